The lowest BCUT2D eigenvalue weighted by atomic mass is 9.84. The van der Waals surface area contributed by atoms with Crippen molar-refractivity contribution >= 4 is 6.29 Å². The second-order valence-electron chi connectivity index (χ2n) is 3.52. The highest BCUT2D eigenvalue weighted by Gasteiger charge is 2.22. The Kier molecular flexibility index (Phi) is 3.12. The van der Waals surface area contributed by atoms with Crippen molar-refractivity contribution in [3.05, 3.63) is 24.0 Å². The third-order valence-electron chi connectivity index (χ3n) is 2.30. The fourth-order valence-electron chi connectivity index (χ4n) is 1.09. The van der Waals surface area contributed by atoms with Crippen LogP contribution < -0.4 is 0 Å². The first-order chi connectivity index (χ1) is 6.20. The largest absolute Gasteiger partial charge is 0.303 e. The van der Waals surface area contributed by atoms with Crippen molar-refractivity contribution < 1.29 is 4.79 Å². The predicted molar refractivity (Wildman–Crippen MR) is 50.2 cm³/mol. The summed E-state index contributed by atoms with van der Waals surface area (Å²) in [6.07, 6.45) is 4.13. The molecule has 70 valence electrons. The highest BCUT2D eigenvalue weighted by molar-refractivity contribution is 5.59. The van der Waals surface area contributed by atoms with E-state index in [1.807, 2.05) is 26.0 Å². The van der Waals surface area contributed by atoms with Crippen LogP contribution in [0.15, 0.2) is 18.3 Å². The van der Waals surface area contributed by atoms with E-state index in [1.54, 1.807) is 6.20 Å². The lowest BCUT2D eigenvalue weighted by Crippen LogP contribution is -2.20. The molecule has 0 N–H and O–H groups in total. The Bertz CT molecular complexity index is 274. The van der Waals surface area contributed by atoms with E-state index in [1.165, 1.54) is 0 Å². The van der Waals surface area contributed by atoms with Gasteiger partial charge in [0.2, 0.25) is 0 Å². The first kappa shape index (κ1) is 9.84. The molecule has 0 aliphatic rings. The van der Waals surface area contributed by atoms with Gasteiger partial charge in [0.25, 0.3) is 0 Å². The van der Waals surface area contributed by atoms with E-state index in [0.717, 1.165) is 18.4 Å². The van der Waals surface area contributed by atoms with Gasteiger partial charge in [0.05, 0.1) is 5.69 Å². The Hall–Kier alpha value is -1.25. The topological polar surface area (TPSA) is 42.9 Å². The van der Waals surface area contributed by atoms with Crippen molar-refractivity contribution in [3.63, 3.8) is 0 Å². The average Bonchev–Trinajstić information content (AvgIpc) is 2.19. The molecule has 0 aliphatic carbocycles. The predicted octanol–water partition coefficient (Wildman–Crippen LogP) is 1.63. The van der Waals surface area contributed by atoms with Gasteiger partial charge >= 0.3 is 0 Å². The number of aldehydes is 1. The summed E-state index contributed by atoms with van der Waals surface area (Å²) in [4.78, 5) is 10.8. The minimum absolute atomic E-state index is 0.296. The second kappa shape index (κ2) is 4.12. The third-order valence-corrected chi connectivity index (χ3v) is 2.30. The highest BCUT2D eigenvalue weighted by Crippen LogP contribution is 2.22. The van der Waals surface area contributed by atoms with Crippen LogP contribution >= 0.6 is 0 Å². The Balaban J connectivity index is 2.73. The Morgan fingerprint density at radius 1 is 1.62 bits per heavy atom. The molecule has 0 bridgehead atoms. The number of hydrogen-bond acceptors (Lipinski definition) is 3. The molecule has 3 heteroatoms. The van der Waals surface area contributed by atoms with E-state index in [-0.39, 0.29) is 5.41 Å². The van der Waals surface area contributed by atoms with Gasteiger partial charge in [0.15, 0.2) is 0 Å². The van der Waals surface area contributed by atoms with Crippen LogP contribution in [0.25, 0.3) is 0 Å². The quantitative estimate of drug-likeness (QED) is 0.658. The lowest BCUT2D eigenvalue weighted by molar-refractivity contribution is -0.115. The van der Waals surface area contributed by atoms with Gasteiger partial charge in [-0.3, -0.25) is 0 Å². The van der Waals surface area contributed by atoms with Crippen LogP contribution in [0.3, 0.4) is 0 Å². The molecule has 0 radical (unpaired) electrons. The van der Waals surface area contributed by atoms with Gasteiger partial charge in [-0.15, -0.1) is 0 Å². The minimum atomic E-state index is -0.296. The molecule has 13 heavy (non-hydrogen) atoms. The maximum atomic E-state index is 10.8. The van der Waals surface area contributed by atoms with Crippen LogP contribution in [0.5, 0.6) is 0 Å². The Morgan fingerprint density at radius 3 is 2.85 bits per heavy atom. The molecule has 1 heterocycles. The van der Waals surface area contributed by atoms with Gasteiger partial charge in [-0.05, 0) is 18.6 Å². The summed E-state index contributed by atoms with van der Waals surface area (Å²) in [5, 5.41) is 7.72. The standard InChI is InChI=1S/C10H14N2O/c1-3-10(2,8-13)7-9-5-4-6-11-12-9/h4-6,8H,3,7H2,1-2H3. The lowest BCUT2D eigenvalue weighted by Gasteiger charge is -2.19. The fourth-order valence-corrected chi connectivity index (χ4v) is 1.09. The van der Waals surface area contributed by atoms with E-state index < -0.39 is 0 Å². The molecule has 1 unspecified atom stereocenters. The van der Waals surface area contributed by atoms with E-state index in [4.69, 9.17) is 0 Å². The average molecular weight is 178 g/mol. The molecule has 1 aromatic heterocycles. The molecule has 0 aromatic carbocycles. The summed E-state index contributed by atoms with van der Waals surface area (Å²) >= 11 is 0. The molecule has 1 aromatic rings. The van der Waals surface area contributed by atoms with Crippen molar-refractivity contribution in [3.8, 4) is 0 Å². The molecule has 0 fully saturated rings. The Labute approximate surface area is 78.2 Å². The number of nitrogens with zero attached hydrogens (tertiary/aromatic N) is 2. The van der Waals surface area contributed by atoms with E-state index in [2.05, 4.69) is 10.2 Å². The number of hydrogen-bond donors (Lipinski definition) is 0. The minimum Gasteiger partial charge on any atom is -0.303 e. The van der Waals surface area contributed by atoms with Crippen LogP contribution in [-0.2, 0) is 11.2 Å². The summed E-state index contributed by atoms with van der Waals surface area (Å²) in [7, 11) is 0. The van der Waals surface area contributed by atoms with Crippen molar-refractivity contribution in [1.29, 1.82) is 0 Å². The van der Waals surface area contributed by atoms with Gasteiger partial charge in [-0.2, -0.15) is 10.2 Å². The van der Waals surface area contributed by atoms with E-state index in [0.29, 0.717) is 6.42 Å². The first-order valence-electron chi connectivity index (χ1n) is 4.43. The second-order valence-corrected chi connectivity index (χ2v) is 3.52. The molecule has 0 amide bonds. The van der Waals surface area contributed by atoms with Gasteiger partial charge < -0.3 is 4.79 Å². The molecular formula is C10H14N2O. The SMILES string of the molecule is CCC(C)(C=O)Cc1cccnn1. The van der Waals surface area contributed by atoms with Gasteiger partial charge in [-0.25, -0.2) is 0 Å². The number of rotatable bonds is 4. The summed E-state index contributed by atoms with van der Waals surface area (Å²) in [6, 6.07) is 3.73. The van der Waals surface area contributed by atoms with Crippen LogP contribution in [0.4, 0.5) is 0 Å². The number of aromatic nitrogens is 2. The molecule has 0 saturated heterocycles. The van der Waals surface area contributed by atoms with Crippen molar-refractivity contribution in [2.45, 2.75) is 26.7 Å². The van der Waals surface area contributed by atoms with Gasteiger partial charge in [-0.1, -0.05) is 13.8 Å². The van der Waals surface area contributed by atoms with Crippen LogP contribution in [0, 0.1) is 5.41 Å². The molecule has 1 atom stereocenters. The summed E-state index contributed by atoms with van der Waals surface area (Å²) in [6.45, 7) is 3.94. The molecule has 0 aliphatic heterocycles. The first-order valence-corrected chi connectivity index (χ1v) is 4.43. The van der Waals surface area contributed by atoms with Crippen molar-refractivity contribution in [1.82, 2.24) is 10.2 Å². The zero-order valence-electron chi connectivity index (χ0n) is 8.03. The molecule has 3 nitrogen and oxygen atoms in total. The maximum Gasteiger partial charge on any atom is 0.126 e. The summed E-state index contributed by atoms with van der Waals surface area (Å²) in [5.41, 5.74) is 0.578. The van der Waals surface area contributed by atoms with Crippen LogP contribution in [0.2, 0.25) is 0 Å². The molecular weight excluding hydrogens is 164 g/mol. The monoisotopic (exact) mass is 178 g/mol. The molecule has 1 rings (SSSR count). The summed E-state index contributed by atoms with van der Waals surface area (Å²) < 4.78 is 0. The molecule has 0 saturated carbocycles. The van der Waals surface area contributed by atoms with Gasteiger partial charge in [0, 0.05) is 18.0 Å². The summed E-state index contributed by atoms with van der Waals surface area (Å²) in [5.74, 6) is 0. The van der Waals surface area contributed by atoms with Crippen LogP contribution in [0.1, 0.15) is 26.0 Å². The number of carbonyl (C=O) groups excluding carboxylic acids is 1. The van der Waals surface area contributed by atoms with Gasteiger partial charge in [0.1, 0.15) is 6.29 Å². The van der Waals surface area contributed by atoms with E-state index in [9.17, 15) is 4.79 Å². The normalized spacial score (nSPS) is 14.9. The highest BCUT2D eigenvalue weighted by atomic mass is 16.1. The zero-order valence-corrected chi connectivity index (χ0v) is 8.03. The van der Waals surface area contributed by atoms with E-state index >= 15 is 0 Å². The Morgan fingerprint density at radius 2 is 2.38 bits per heavy atom. The third kappa shape index (κ3) is 2.61. The smallest absolute Gasteiger partial charge is 0.126 e. The zero-order chi connectivity index (χ0) is 9.73. The fraction of sp³-hybridized carbons (Fsp3) is 0.500. The maximum absolute atomic E-state index is 10.8. The van der Waals surface area contributed by atoms with Crippen LogP contribution in [-0.4, -0.2) is 16.5 Å². The number of carbonyl (C=O) groups is 1. The van der Waals surface area contributed by atoms with Crippen molar-refractivity contribution in [2.24, 2.45) is 5.41 Å². The van der Waals surface area contributed by atoms with Crippen molar-refractivity contribution in [2.75, 3.05) is 0 Å². The molecule has 0 spiro atoms.